The van der Waals surface area contributed by atoms with Crippen molar-refractivity contribution in [2.45, 2.75) is 57.5 Å². The molecule has 5 heteroatoms. The quantitative estimate of drug-likeness (QED) is 0.657. The molecule has 0 atom stereocenters. The number of amides is 1. The summed E-state index contributed by atoms with van der Waals surface area (Å²) in [6.07, 6.45) is 8.66. The molecule has 1 aliphatic carbocycles. The summed E-state index contributed by atoms with van der Waals surface area (Å²) in [5.74, 6) is 1.62. The summed E-state index contributed by atoms with van der Waals surface area (Å²) < 4.78 is 16.4. The van der Waals surface area contributed by atoms with E-state index in [4.69, 9.17) is 14.2 Å². The van der Waals surface area contributed by atoms with Crippen LogP contribution in [0.3, 0.4) is 0 Å². The summed E-state index contributed by atoms with van der Waals surface area (Å²) in [6, 6.07) is 5.65. The van der Waals surface area contributed by atoms with Crippen LogP contribution in [-0.4, -0.2) is 39.4 Å². The number of methoxy groups -OCH3 is 2. The van der Waals surface area contributed by atoms with Gasteiger partial charge in [0.25, 0.3) is 0 Å². The zero-order valence-electron chi connectivity index (χ0n) is 15.5. The number of aryl methyl sites for hydroxylation is 1. The molecular weight excluding hydrogens is 318 g/mol. The molecular formula is C20H31NO4. The number of ether oxygens (including phenoxy) is 3. The van der Waals surface area contributed by atoms with E-state index in [0.717, 1.165) is 30.1 Å². The zero-order chi connectivity index (χ0) is 17.9. The van der Waals surface area contributed by atoms with Gasteiger partial charge in [0, 0.05) is 19.6 Å². The zero-order valence-corrected chi connectivity index (χ0v) is 15.5. The molecule has 1 aromatic rings. The van der Waals surface area contributed by atoms with E-state index in [1.807, 2.05) is 18.2 Å². The summed E-state index contributed by atoms with van der Waals surface area (Å²) in [6.45, 7) is 1.40. The van der Waals surface area contributed by atoms with Gasteiger partial charge in [0.15, 0.2) is 0 Å². The fourth-order valence-electron chi connectivity index (χ4n) is 3.20. The van der Waals surface area contributed by atoms with Gasteiger partial charge < -0.3 is 19.5 Å². The van der Waals surface area contributed by atoms with Crippen LogP contribution in [0.1, 0.15) is 50.5 Å². The maximum absolute atomic E-state index is 12.0. The predicted molar refractivity (Wildman–Crippen MR) is 98.3 cm³/mol. The van der Waals surface area contributed by atoms with Gasteiger partial charge in [0.05, 0.1) is 20.3 Å². The van der Waals surface area contributed by atoms with Gasteiger partial charge in [-0.05, 0) is 49.4 Å². The van der Waals surface area contributed by atoms with Crippen LogP contribution in [0.4, 0.5) is 0 Å². The topological polar surface area (TPSA) is 56.8 Å². The average Bonchev–Trinajstić information content (AvgIpc) is 2.66. The highest BCUT2D eigenvalue weighted by Crippen LogP contribution is 2.25. The van der Waals surface area contributed by atoms with Gasteiger partial charge in [0.1, 0.15) is 11.5 Å². The van der Waals surface area contributed by atoms with E-state index in [1.54, 1.807) is 14.2 Å². The molecule has 25 heavy (non-hydrogen) atoms. The van der Waals surface area contributed by atoms with Crippen LogP contribution >= 0.6 is 0 Å². The number of carbonyl (C=O) groups is 1. The summed E-state index contributed by atoms with van der Waals surface area (Å²) >= 11 is 0. The second-order valence-corrected chi connectivity index (χ2v) is 6.51. The Bertz CT molecular complexity index is 526. The number of nitrogens with one attached hydrogen (secondary N) is 1. The van der Waals surface area contributed by atoms with E-state index in [0.29, 0.717) is 25.5 Å². The van der Waals surface area contributed by atoms with Crippen molar-refractivity contribution in [3.05, 3.63) is 23.8 Å². The van der Waals surface area contributed by atoms with Gasteiger partial charge in [-0.15, -0.1) is 0 Å². The van der Waals surface area contributed by atoms with Crippen LogP contribution in [0.5, 0.6) is 11.5 Å². The Morgan fingerprint density at radius 2 is 1.96 bits per heavy atom. The lowest BCUT2D eigenvalue weighted by atomic mass is 9.98. The lowest BCUT2D eigenvalue weighted by molar-refractivity contribution is -0.121. The largest absolute Gasteiger partial charge is 0.497 e. The molecule has 1 aliphatic rings. The molecule has 0 heterocycles. The first-order valence-electron chi connectivity index (χ1n) is 9.32. The van der Waals surface area contributed by atoms with Gasteiger partial charge >= 0.3 is 0 Å². The van der Waals surface area contributed by atoms with Gasteiger partial charge in [0.2, 0.25) is 5.91 Å². The van der Waals surface area contributed by atoms with Crippen LogP contribution in [0.2, 0.25) is 0 Å². The Hall–Kier alpha value is -1.75. The Morgan fingerprint density at radius 3 is 2.68 bits per heavy atom. The SMILES string of the molecule is COc1ccc(OC)c(CCC(=O)NCCCOC2CCCCC2)c1. The lowest BCUT2D eigenvalue weighted by Gasteiger charge is -2.21. The van der Waals surface area contributed by atoms with Crippen LogP contribution < -0.4 is 14.8 Å². The third kappa shape index (κ3) is 6.94. The molecule has 1 fully saturated rings. The van der Waals surface area contributed by atoms with E-state index < -0.39 is 0 Å². The highest BCUT2D eigenvalue weighted by molar-refractivity contribution is 5.76. The molecule has 1 N–H and O–H groups in total. The lowest BCUT2D eigenvalue weighted by Crippen LogP contribution is -2.26. The first kappa shape index (κ1) is 19.6. The molecule has 0 aliphatic heterocycles. The van der Waals surface area contributed by atoms with Gasteiger partial charge in [-0.1, -0.05) is 19.3 Å². The van der Waals surface area contributed by atoms with Crippen molar-refractivity contribution < 1.29 is 19.0 Å². The molecule has 0 aromatic heterocycles. The molecule has 0 spiro atoms. The number of rotatable bonds is 10. The van der Waals surface area contributed by atoms with Crippen LogP contribution in [0, 0.1) is 0 Å². The molecule has 2 rings (SSSR count). The molecule has 5 nitrogen and oxygen atoms in total. The van der Waals surface area contributed by atoms with Gasteiger partial charge in [-0.3, -0.25) is 4.79 Å². The van der Waals surface area contributed by atoms with Crippen molar-refractivity contribution in [3.8, 4) is 11.5 Å². The maximum atomic E-state index is 12.0. The summed E-state index contributed by atoms with van der Waals surface area (Å²) in [4.78, 5) is 12.0. The first-order valence-corrected chi connectivity index (χ1v) is 9.32. The average molecular weight is 349 g/mol. The second kappa shape index (κ2) is 11.0. The molecule has 140 valence electrons. The fraction of sp³-hybridized carbons (Fsp3) is 0.650. The number of hydrogen-bond acceptors (Lipinski definition) is 4. The van der Waals surface area contributed by atoms with E-state index in [9.17, 15) is 4.79 Å². The number of carbonyl (C=O) groups excluding carboxylic acids is 1. The Balaban J connectivity index is 1.62. The summed E-state index contributed by atoms with van der Waals surface area (Å²) in [5.41, 5.74) is 0.984. The standard InChI is InChI=1S/C20H31NO4/c1-23-18-10-11-19(24-2)16(15-18)9-12-20(22)21-13-6-14-25-17-7-4-3-5-8-17/h10-11,15,17H,3-9,12-14H2,1-2H3,(H,21,22). The van der Waals surface area contributed by atoms with Crippen molar-refractivity contribution in [2.24, 2.45) is 0 Å². The summed E-state index contributed by atoms with van der Waals surface area (Å²) in [5, 5.41) is 2.97. The van der Waals surface area contributed by atoms with Crippen molar-refractivity contribution in [2.75, 3.05) is 27.4 Å². The van der Waals surface area contributed by atoms with E-state index in [1.165, 1.54) is 32.1 Å². The predicted octanol–water partition coefficient (Wildman–Crippen LogP) is 3.49. The minimum atomic E-state index is 0.0579. The monoisotopic (exact) mass is 349 g/mol. The minimum Gasteiger partial charge on any atom is -0.497 e. The molecule has 0 radical (unpaired) electrons. The van der Waals surface area contributed by atoms with E-state index in [-0.39, 0.29) is 5.91 Å². The minimum absolute atomic E-state index is 0.0579. The molecule has 0 bridgehead atoms. The smallest absolute Gasteiger partial charge is 0.220 e. The first-order chi connectivity index (χ1) is 12.2. The fourth-order valence-corrected chi connectivity index (χ4v) is 3.20. The van der Waals surface area contributed by atoms with Gasteiger partial charge in [-0.2, -0.15) is 0 Å². The normalized spacial score (nSPS) is 15.0. The Labute approximate surface area is 151 Å². The Morgan fingerprint density at radius 1 is 1.16 bits per heavy atom. The van der Waals surface area contributed by atoms with E-state index in [2.05, 4.69) is 5.32 Å². The third-order valence-corrected chi connectivity index (χ3v) is 4.66. The van der Waals surface area contributed by atoms with Crippen LogP contribution in [-0.2, 0) is 16.0 Å². The molecule has 0 saturated heterocycles. The van der Waals surface area contributed by atoms with Gasteiger partial charge in [-0.25, -0.2) is 0 Å². The third-order valence-electron chi connectivity index (χ3n) is 4.66. The second-order valence-electron chi connectivity index (χ2n) is 6.51. The Kier molecular flexibility index (Phi) is 8.60. The number of hydrogen-bond donors (Lipinski definition) is 1. The molecule has 0 unspecified atom stereocenters. The summed E-state index contributed by atoms with van der Waals surface area (Å²) in [7, 11) is 3.27. The van der Waals surface area contributed by atoms with Crippen molar-refractivity contribution >= 4 is 5.91 Å². The van der Waals surface area contributed by atoms with Crippen molar-refractivity contribution in [1.82, 2.24) is 5.32 Å². The van der Waals surface area contributed by atoms with Crippen molar-refractivity contribution in [3.63, 3.8) is 0 Å². The number of benzene rings is 1. The maximum Gasteiger partial charge on any atom is 0.220 e. The molecule has 1 amide bonds. The van der Waals surface area contributed by atoms with E-state index >= 15 is 0 Å². The van der Waals surface area contributed by atoms with Crippen LogP contribution in [0.15, 0.2) is 18.2 Å². The molecule has 1 saturated carbocycles. The van der Waals surface area contributed by atoms with Crippen molar-refractivity contribution in [1.29, 1.82) is 0 Å². The van der Waals surface area contributed by atoms with Crippen LogP contribution in [0.25, 0.3) is 0 Å². The molecule has 1 aromatic carbocycles. The highest BCUT2D eigenvalue weighted by atomic mass is 16.5. The highest BCUT2D eigenvalue weighted by Gasteiger charge is 2.13.